The lowest BCUT2D eigenvalue weighted by Gasteiger charge is -2.25. The van der Waals surface area contributed by atoms with Crippen molar-refractivity contribution in [1.29, 1.82) is 0 Å². The van der Waals surface area contributed by atoms with E-state index < -0.39 is 12.1 Å². The molecule has 0 bridgehead atoms. The molecule has 2 aromatic rings. The van der Waals surface area contributed by atoms with Crippen LogP contribution in [0.3, 0.4) is 0 Å². The van der Waals surface area contributed by atoms with E-state index in [9.17, 15) is 14.4 Å². The molecule has 2 N–H and O–H groups in total. The number of alkyl carbamates (subject to hydrolysis) is 1. The summed E-state index contributed by atoms with van der Waals surface area (Å²) in [7, 11) is 0. The van der Waals surface area contributed by atoms with Crippen LogP contribution in [0.5, 0.6) is 0 Å². The lowest BCUT2D eigenvalue weighted by molar-refractivity contribution is -0.140. The fraction of sp³-hybridized carbons (Fsp3) is 0.464. The lowest BCUT2D eigenvalue weighted by Crippen LogP contribution is -2.38. The van der Waals surface area contributed by atoms with E-state index in [0.29, 0.717) is 13.0 Å². The number of carboxylic acids is 1. The van der Waals surface area contributed by atoms with Gasteiger partial charge in [0.25, 0.3) is 0 Å². The van der Waals surface area contributed by atoms with E-state index in [4.69, 9.17) is 9.84 Å². The lowest BCUT2D eigenvalue weighted by atomic mass is 9.98. The molecule has 2 fully saturated rings. The van der Waals surface area contributed by atoms with Crippen LogP contribution in [-0.2, 0) is 14.3 Å². The second-order valence-electron chi connectivity index (χ2n) is 10.0. The maximum Gasteiger partial charge on any atom is 0.407 e. The van der Waals surface area contributed by atoms with E-state index in [1.54, 1.807) is 4.90 Å². The molecule has 2 unspecified atom stereocenters. The summed E-state index contributed by atoms with van der Waals surface area (Å²) in [5.74, 6) is -0.586. The van der Waals surface area contributed by atoms with Crippen molar-refractivity contribution in [3.63, 3.8) is 0 Å². The maximum atomic E-state index is 12.8. The van der Waals surface area contributed by atoms with E-state index >= 15 is 0 Å². The number of nitrogens with one attached hydrogen (secondary N) is 1. The number of benzene rings is 2. The molecule has 2 aliphatic carbocycles. The van der Waals surface area contributed by atoms with Crippen molar-refractivity contribution >= 4 is 18.0 Å². The zero-order chi connectivity index (χ0) is 24.4. The van der Waals surface area contributed by atoms with Gasteiger partial charge in [0.05, 0.1) is 6.42 Å². The van der Waals surface area contributed by atoms with Crippen LogP contribution in [0.4, 0.5) is 4.79 Å². The molecule has 7 heteroatoms. The molecule has 35 heavy (non-hydrogen) atoms. The highest BCUT2D eigenvalue weighted by atomic mass is 16.5. The monoisotopic (exact) mass is 476 g/mol. The molecule has 7 nitrogen and oxygen atoms in total. The van der Waals surface area contributed by atoms with E-state index in [1.807, 2.05) is 24.3 Å². The average molecular weight is 477 g/mol. The van der Waals surface area contributed by atoms with Crippen LogP contribution in [0.2, 0.25) is 0 Å². The van der Waals surface area contributed by atoms with Crippen LogP contribution < -0.4 is 5.32 Å². The van der Waals surface area contributed by atoms with Crippen molar-refractivity contribution in [1.82, 2.24) is 10.2 Å². The summed E-state index contributed by atoms with van der Waals surface area (Å²) in [6.07, 6.45) is 4.08. The highest BCUT2D eigenvalue weighted by Gasteiger charge is 2.34. The highest BCUT2D eigenvalue weighted by Crippen LogP contribution is 2.44. The van der Waals surface area contributed by atoms with Gasteiger partial charge in [0.15, 0.2) is 0 Å². The van der Waals surface area contributed by atoms with Gasteiger partial charge in [-0.3, -0.25) is 9.59 Å². The molecular formula is C28H32N2O5. The van der Waals surface area contributed by atoms with Gasteiger partial charge in [0, 0.05) is 31.0 Å². The van der Waals surface area contributed by atoms with Crippen LogP contribution in [0, 0.1) is 5.92 Å². The van der Waals surface area contributed by atoms with Crippen LogP contribution in [0.25, 0.3) is 11.1 Å². The van der Waals surface area contributed by atoms with E-state index in [0.717, 1.165) is 32.1 Å². The Morgan fingerprint density at radius 3 is 2.31 bits per heavy atom. The number of hydrogen-bond acceptors (Lipinski definition) is 4. The zero-order valence-electron chi connectivity index (χ0n) is 19.8. The summed E-state index contributed by atoms with van der Waals surface area (Å²) in [5, 5.41) is 12.1. The largest absolute Gasteiger partial charge is 0.481 e. The van der Waals surface area contributed by atoms with Crippen molar-refractivity contribution in [2.24, 2.45) is 5.92 Å². The molecular weight excluding hydrogens is 444 g/mol. The SMILES string of the molecule is O=C(O)C[C@H]1CCCN1C(=O)CC1CCC(NC(=O)OCC2c3ccccc3-c3ccccc32)C1. The number of ether oxygens (including phenoxy) is 1. The third-order valence-electron chi connectivity index (χ3n) is 7.78. The first kappa shape index (κ1) is 23.4. The zero-order valence-corrected chi connectivity index (χ0v) is 19.8. The fourth-order valence-corrected chi connectivity index (χ4v) is 6.14. The molecule has 1 saturated heterocycles. The van der Waals surface area contributed by atoms with Crippen LogP contribution in [-0.4, -0.2) is 53.2 Å². The summed E-state index contributed by atoms with van der Waals surface area (Å²) in [4.78, 5) is 38.2. The summed E-state index contributed by atoms with van der Waals surface area (Å²) < 4.78 is 5.67. The summed E-state index contributed by atoms with van der Waals surface area (Å²) >= 11 is 0. The molecule has 0 spiro atoms. The molecule has 184 valence electrons. The van der Waals surface area contributed by atoms with Crippen molar-refractivity contribution in [3.05, 3.63) is 59.7 Å². The first-order chi connectivity index (χ1) is 17.0. The topological polar surface area (TPSA) is 95.9 Å². The molecule has 2 amide bonds. The predicted octanol–water partition coefficient (Wildman–Crippen LogP) is 4.55. The number of nitrogens with zero attached hydrogens (tertiary/aromatic N) is 1. The first-order valence-corrected chi connectivity index (χ1v) is 12.6. The minimum absolute atomic E-state index is 0.00292. The van der Waals surface area contributed by atoms with Gasteiger partial charge >= 0.3 is 12.1 Å². The normalized spacial score (nSPS) is 23.1. The van der Waals surface area contributed by atoms with Gasteiger partial charge in [0.1, 0.15) is 6.61 Å². The van der Waals surface area contributed by atoms with Gasteiger partial charge < -0.3 is 20.1 Å². The van der Waals surface area contributed by atoms with Gasteiger partial charge in [0.2, 0.25) is 5.91 Å². The molecule has 3 aliphatic rings. The Morgan fingerprint density at radius 2 is 1.63 bits per heavy atom. The molecule has 1 saturated carbocycles. The summed E-state index contributed by atoms with van der Waals surface area (Å²) in [5.41, 5.74) is 4.76. The van der Waals surface area contributed by atoms with Gasteiger partial charge in [-0.1, -0.05) is 48.5 Å². The third kappa shape index (κ3) is 5.04. The maximum absolute atomic E-state index is 12.8. The van der Waals surface area contributed by atoms with Crippen molar-refractivity contribution < 1.29 is 24.2 Å². The van der Waals surface area contributed by atoms with Gasteiger partial charge in [-0.15, -0.1) is 0 Å². The van der Waals surface area contributed by atoms with Crippen molar-refractivity contribution in [2.75, 3.05) is 13.2 Å². The molecule has 0 radical (unpaired) electrons. The minimum atomic E-state index is -0.858. The second-order valence-corrected chi connectivity index (χ2v) is 10.0. The number of aliphatic carboxylic acids is 1. The average Bonchev–Trinajstić information content (AvgIpc) is 3.55. The van der Waals surface area contributed by atoms with Crippen LogP contribution in [0.15, 0.2) is 48.5 Å². The van der Waals surface area contributed by atoms with Crippen LogP contribution >= 0.6 is 0 Å². The van der Waals surface area contributed by atoms with Gasteiger partial charge in [-0.2, -0.15) is 0 Å². The second kappa shape index (κ2) is 10.1. The van der Waals surface area contributed by atoms with Crippen molar-refractivity contribution in [3.8, 4) is 11.1 Å². The number of carbonyl (C=O) groups excluding carboxylic acids is 2. The minimum Gasteiger partial charge on any atom is -0.481 e. The Hall–Kier alpha value is -3.35. The predicted molar refractivity (Wildman–Crippen MR) is 131 cm³/mol. The number of carboxylic acid groups (broad SMARTS) is 1. The molecule has 1 heterocycles. The quantitative estimate of drug-likeness (QED) is 0.611. The number of likely N-dealkylation sites (tertiary alicyclic amines) is 1. The van der Waals surface area contributed by atoms with Gasteiger partial charge in [-0.25, -0.2) is 4.79 Å². The Labute approximate surface area is 205 Å². The molecule has 2 aromatic carbocycles. The first-order valence-electron chi connectivity index (χ1n) is 12.6. The van der Waals surface area contributed by atoms with E-state index in [1.165, 1.54) is 22.3 Å². The Balaban J connectivity index is 1.11. The summed E-state index contributed by atoms with van der Waals surface area (Å²) in [6, 6.07) is 16.3. The Morgan fingerprint density at radius 1 is 0.943 bits per heavy atom. The van der Waals surface area contributed by atoms with E-state index in [-0.39, 0.29) is 42.9 Å². The number of amides is 2. The van der Waals surface area contributed by atoms with Crippen LogP contribution in [0.1, 0.15) is 62.0 Å². The number of hydrogen-bond donors (Lipinski definition) is 2. The molecule has 3 atom stereocenters. The van der Waals surface area contributed by atoms with E-state index in [2.05, 4.69) is 29.6 Å². The fourth-order valence-electron chi connectivity index (χ4n) is 6.14. The smallest absolute Gasteiger partial charge is 0.407 e. The summed E-state index contributed by atoms with van der Waals surface area (Å²) in [6.45, 7) is 0.930. The Bertz CT molecular complexity index is 1070. The third-order valence-corrected chi connectivity index (χ3v) is 7.78. The molecule has 1 aliphatic heterocycles. The molecule has 5 rings (SSSR count). The number of rotatable bonds is 7. The number of carbonyl (C=O) groups is 3. The highest BCUT2D eigenvalue weighted by molar-refractivity contribution is 5.79. The standard InChI is InChI=1S/C28H32N2O5/c31-26(30-13-5-6-20(30)16-27(32)33)15-18-11-12-19(14-18)29-28(34)35-17-25-23-9-3-1-7-21(23)22-8-2-4-10-24(22)25/h1-4,7-10,18-20,25H,5-6,11-17H2,(H,29,34)(H,32,33)/t18?,19?,20-/m1/s1. The number of fused-ring (bicyclic) bond motifs is 3. The Kier molecular flexibility index (Phi) is 6.75. The van der Waals surface area contributed by atoms with Gasteiger partial charge in [-0.05, 0) is 60.3 Å². The van der Waals surface area contributed by atoms with Crippen molar-refractivity contribution in [2.45, 2.75) is 62.9 Å². The molecule has 0 aromatic heterocycles.